The maximum absolute atomic E-state index is 13.1. The number of carbonyl (C=O) groups is 1. The molecule has 2 aliphatic rings. The van der Waals surface area contributed by atoms with Gasteiger partial charge in [0.2, 0.25) is 0 Å². The molecule has 3 aromatic rings. The zero-order valence-corrected chi connectivity index (χ0v) is 19.8. The van der Waals surface area contributed by atoms with E-state index in [4.69, 9.17) is 4.74 Å². The minimum absolute atomic E-state index is 0.0568. The Morgan fingerprint density at radius 1 is 1.06 bits per heavy atom. The van der Waals surface area contributed by atoms with Crippen LogP contribution in [0.15, 0.2) is 42.5 Å². The van der Waals surface area contributed by atoms with Crippen LogP contribution in [0, 0.1) is 20.8 Å². The van der Waals surface area contributed by atoms with Gasteiger partial charge >= 0.3 is 0 Å². The van der Waals surface area contributed by atoms with Gasteiger partial charge in [-0.1, -0.05) is 18.2 Å². The van der Waals surface area contributed by atoms with Crippen molar-refractivity contribution in [1.29, 1.82) is 0 Å². The van der Waals surface area contributed by atoms with Crippen LogP contribution in [0.5, 0.6) is 5.75 Å². The quantitative estimate of drug-likeness (QED) is 0.638. The van der Waals surface area contributed by atoms with Gasteiger partial charge in [-0.2, -0.15) is 0 Å². The zero-order chi connectivity index (χ0) is 22.9. The smallest absolute Gasteiger partial charge is 0.252 e. The molecule has 0 unspecified atom stereocenters. The molecular formula is C27H33N3O2. The molecule has 2 heterocycles. The maximum atomic E-state index is 13.1. The van der Waals surface area contributed by atoms with Gasteiger partial charge in [0, 0.05) is 16.6 Å². The summed E-state index contributed by atoms with van der Waals surface area (Å²) in [6.07, 6.45) is 3.29. The summed E-state index contributed by atoms with van der Waals surface area (Å²) >= 11 is 0. The minimum atomic E-state index is -0.312. The lowest BCUT2D eigenvalue weighted by molar-refractivity contribution is 0.0930. The molecule has 5 heteroatoms. The molecule has 168 valence electrons. The number of hydrogen-bond donors (Lipinski definition) is 1. The van der Waals surface area contributed by atoms with E-state index in [1.807, 2.05) is 32.0 Å². The number of methoxy groups -OCH3 is 1. The van der Waals surface area contributed by atoms with E-state index in [1.165, 1.54) is 25.1 Å². The van der Waals surface area contributed by atoms with E-state index in [9.17, 15) is 4.79 Å². The lowest BCUT2D eigenvalue weighted by Crippen LogP contribution is -2.35. The van der Waals surface area contributed by atoms with Gasteiger partial charge in [-0.15, -0.1) is 0 Å². The number of aromatic nitrogens is 1. The van der Waals surface area contributed by atoms with Crippen LogP contribution in [0.4, 0.5) is 0 Å². The highest BCUT2D eigenvalue weighted by atomic mass is 16.5. The van der Waals surface area contributed by atoms with Crippen molar-refractivity contribution in [3.05, 3.63) is 70.4 Å². The third kappa shape index (κ3) is 4.63. The normalized spacial score (nSPS) is 16.5. The number of likely N-dealkylation sites (tertiary alicyclic amines) is 1. The Kier molecular flexibility index (Phi) is 6.20. The Labute approximate surface area is 190 Å². The van der Waals surface area contributed by atoms with Crippen molar-refractivity contribution in [3.63, 3.8) is 0 Å². The van der Waals surface area contributed by atoms with Crippen molar-refractivity contribution >= 4 is 16.8 Å². The molecule has 32 heavy (non-hydrogen) atoms. The summed E-state index contributed by atoms with van der Waals surface area (Å²) in [4.78, 5) is 20.0. The average molecular weight is 432 g/mol. The number of ether oxygens (including phenoxy) is 1. The second-order valence-corrected chi connectivity index (χ2v) is 9.21. The number of amides is 1. The van der Waals surface area contributed by atoms with Gasteiger partial charge in [0.05, 0.1) is 18.2 Å². The van der Waals surface area contributed by atoms with Crippen LogP contribution < -0.4 is 10.1 Å². The Balaban J connectivity index is 0.000000433. The summed E-state index contributed by atoms with van der Waals surface area (Å²) in [6.45, 7) is 8.67. The minimum Gasteiger partial charge on any atom is -0.497 e. The number of benzene rings is 2. The third-order valence-corrected chi connectivity index (χ3v) is 6.48. The van der Waals surface area contributed by atoms with E-state index in [0.29, 0.717) is 11.3 Å². The van der Waals surface area contributed by atoms with Gasteiger partial charge in [0.1, 0.15) is 5.75 Å². The Hall–Kier alpha value is -2.92. The van der Waals surface area contributed by atoms with Crippen molar-refractivity contribution in [2.75, 3.05) is 27.2 Å². The molecule has 0 bridgehead atoms. The van der Waals surface area contributed by atoms with E-state index < -0.39 is 0 Å². The maximum Gasteiger partial charge on any atom is 0.252 e. The Bertz CT molecular complexity index is 1140. The molecule has 1 aromatic heterocycles. The molecule has 1 amide bonds. The first-order chi connectivity index (χ1) is 15.3. The van der Waals surface area contributed by atoms with E-state index in [1.54, 1.807) is 13.2 Å². The number of carbonyl (C=O) groups excluding carboxylic acids is 1. The predicted octanol–water partition coefficient (Wildman–Crippen LogP) is 4.91. The molecule has 1 saturated carbocycles. The molecule has 1 N–H and O–H groups in total. The van der Waals surface area contributed by atoms with Gasteiger partial charge in [-0.05, 0) is 101 Å². The fourth-order valence-corrected chi connectivity index (χ4v) is 4.19. The molecule has 1 aliphatic heterocycles. The fraction of sp³-hybridized carbons (Fsp3) is 0.407. The molecule has 5 rings (SSSR count). The highest BCUT2D eigenvalue weighted by Crippen LogP contribution is 2.48. The Morgan fingerprint density at radius 3 is 2.38 bits per heavy atom. The van der Waals surface area contributed by atoms with Gasteiger partial charge in [0.25, 0.3) is 5.91 Å². The van der Waals surface area contributed by atoms with Crippen LogP contribution in [-0.4, -0.2) is 43.0 Å². The molecule has 2 fully saturated rings. The summed E-state index contributed by atoms with van der Waals surface area (Å²) in [5.41, 5.74) is 5.60. The van der Waals surface area contributed by atoms with Crippen LogP contribution in [0.25, 0.3) is 10.9 Å². The monoisotopic (exact) mass is 431 g/mol. The molecule has 0 atom stereocenters. The Morgan fingerprint density at radius 2 is 1.78 bits per heavy atom. The third-order valence-electron chi connectivity index (χ3n) is 6.48. The molecular weight excluding hydrogens is 398 g/mol. The lowest BCUT2D eigenvalue weighted by atomic mass is 9.96. The second kappa shape index (κ2) is 8.91. The largest absolute Gasteiger partial charge is 0.497 e. The summed E-state index contributed by atoms with van der Waals surface area (Å²) in [7, 11) is 3.76. The summed E-state index contributed by atoms with van der Waals surface area (Å²) < 4.78 is 5.29. The van der Waals surface area contributed by atoms with Crippen LogP contribution in [0.1, 0.15) is 52.0 Å². The van der Waals surface area contributed by atoms with Gasteiger partial charge in [0.15, 0.2) is 0 Å². The first-order valence-corrected chi connectivity index (χ1v) is 11.4. The zero-order valence-electron chi connectivity index (χ0n) is 19.8. The summed E-state index contributed by atoms with van der Waals surface area (Å²) in [5, 5.41) is 4.42. The molecule has 0 radical (unpaired) electrons. The van der Waals surface area contributed by atoms with Crippen molar-refractivity contribution in [1.82, 2.24) is 15.2 Å². The highest BCUT2D eigenvalue weighted by Gasteiger charge is 2.47. The van der Waals surface area contributed by atoms with Gasteiger partial charge in [-0.25, -0.2) is 0 Å². The standard InChI is InChI=1S/C23H24N2O2.C4H9N/c1-14-11-20(18-8-6-16(3)24-21(18)12-14)23(9-10-23)25-22(26)19-13-17(27-4)7-5-15(19)2;1-5-3-2-4-5/h5-8,11-13H,9-10H2,1-4H3,(H,25,26);2-4H2,1H3. The van der Waals surface area contributed by atoms with Crippen molar-refractivity contribution in [2.24, 2.45) is 0 Å². The lowest BCUT2D eigenvalue weighted by Gasteiger charge is -2.24. The first-order valence-electron chi connectivity index (χ1n) is 11.4. The molecule has 1 aliphatic carbocycles. The average Bonchev–Trinajstić information content (AvgIpc) is 3.52. The number of nitrogens with one attached hydrogen (secondary N) is 1. The van der Waals surface area contributed by atoms with Gasteiger partial charge in [-0.3, -0.25) is 9.78 Å². The van der Waals surface area contributed by atoms with E-state index in [-0.39, 0.29) is 11.4 Å². The number of hydrogen-bond acceptors (Lipinski definition) is 4. The number of rotatable bonds is 4. The van der Waals surface area contributed by atoms with Crippen molar-refractivity contribution in [3.8, 4) is 5.75 Å². The molecule has 1 saturated heterocycles. The molecule has 5 nitrogen and oxygen atoms in total. The number of aryl methyl sites for hydroxylation is 3. The SMILES string of the molecule is CN1CCC1.COc1ccc(C)c(C(=O)NC2(c3cc(C)cc4nc(C)ccc34)CC2)c1. The van der Waals surface area contributed by atoms with Crippen LogP contribution in [0.3, 0.4) is 0 Å². The van der Waals surface area contributed by atoms with Gasteiger partial charge < -0.3 is 15.0 Å². The first kappa shape index (κ1) is 22.3. The molecule has 0 spiro atoms. The predicted molar refractivity (Wildman–Crippen MR) is 129 cm³/mol. The van der Waals surface area contributed by atoms with Crippen molar-refractivity contribution in [2.45, 2.75) is 45.6 Å². The summed E-state index contributed by atoms with van der Waals surface area (Å²) in [6, 6.07) is 14.0. The number of fused-ring (bicyclic) bond motifs is 1. The second-order valence-electron chi connectivity index (χ2n) is 9.21. The fourth-order valence-electron chi connectivity index (χ4n) is 4.19. The van der Waals surface area contributed by atoms with Crippen LogP contribution in [-0.2, 0) is 5.54 Å². The summed E-state index contributed by atoms with van der Waals surface area (Å²) in [5.74, 6) is 0.634. The van der Waals surface area contributed by atoms with Crippen LogP contribution in [0.2, 0.25) is 0 Å². The van der Waals surface area contributed by atoms with E-state index in [2.05, 4.69) is 47.4 Å². The highest BCUT2D eigenvalue weighted by molar-refractivity contribution is 5.97. The number of pyridine rings is 1. The van der Waals surface area contributed by atoms with Crippen molar-refractivity contribution < 1.29 is 9.53 Å². The van der Waals surface area contributed by atoms with Crippen LogP contribution >= 0.6 is 0 Å². The molecule has 2 aromatic carbocycles. The topological polar surface area (TPSA) is 54.5 Å². The number of nitrogens with zero attached hydrogens (tertiary/aromatic N) is 2. The van der Waals surface area contributed by atoms with E-state index in [0.717, 1.165) is 40.6 Å². The van der Waals surface area contributed by atoms with E-state index >= 15 is 0 Å².